The number of imidazole rings is 1. The maximum absolute atomic E-state index is 14.2. The molecule has 0 bridgehead atoms. The summed E-state index contributed by atoms with van der Waals surface area (Å²) in [6.45, 7) is 2.79. The van der Waals surface area contributed by atoms with E-state index in [1.807, 2.05) is 36.4 Å². The Balaban J connectivity index is 1.61. The van der Waals surface area contributed by atoms with Crippen molar-refractivity contribution in [3.63, 3.8) is 0 Å². The average Bonchev–Trinajstić information content (AvgIpc) is 3.23. The quantitative estimate of drug-likeness (QED) is 0.202. The van der Waals surface area contributed by atoms with E-state index >= 15 is 0 Å². The molecule has 182 valence electrons. The normalized spacial score (nSPS) is 11.0. The lowest BCUT2D eigenvalue weighted by molar-refractivity contribution is 0.0526. The molecular weight excluding hydrogens is 467 g/mol. The van der Waals surface area contributed by atoms with Crippen molar-refractivity contribution in [2.75, 3.05) is 20.8 Å². The van der Waals surface area contributed by atoms with Gasteiger partial charge in [0.1, 0.15) is 5.75 Å². The average molecular weight is 495 g/mol. The van der Waals surface area contributed by atoms with Crippen molar-refractivity contribution in [1.29, 1.82) is 0 Å². The molecular formula is C27H27FN2O4S. The number of ether oxygens (including phenoxy) is 3. The number of esters is 1. The van der Waals surface area contributed by atoms with Gasteiger partial charge in [-0.05, 0) is 66.9 Å². The largest absolute Gasteiger partial charge is 0.497 e. The summed E-state index contributed by atoms with van der Waals surface area (Å²) in [5.41, 5.74) is 4.11. The van der Waals surface area contributed by atoms with Crippen LogP contribution in [-0.4, -0.2) is 36.3 Å². The molecule has 0 atom stereocenters. The van der Waals surface area contributed by atoms with Crippen LogP contribution in [0.2, 0.25) is 0 Å². The van der Waals surface area contributed by atoms with Gasteiger partial charge in [0.15, 0.2) is 16.7 Å². The standard InChI is InChI=1S/C27H27FN2O4S/c1-4-34-26(31)20-8-11-24-23(16-20)29-27(35-17-19-7-12-25(33-3)22(28)15-19)30(24)14-13-18-5-9-21(32-2)10-6-18/h5-12,15-16H,4,13-14,17H2,1-3H3. The molecule has 1 aromatic heterocycles. The number of carbonyl (C=O) groups excluding carboxylic acids is 1. The summed E-state index contributed by atoms with van der Waals surface area (Å²) in [6, 6.07) is 18.4. The van der Waals surface area contributed by atoms with Gasteiger partial charge in [-0.15, -0.1) is 0 Å². The molecule has 0 amide bonds. The molecule has 0 N–H and O–H groups in total. The molecule has 8 heteroatoms. The lowest BCUT2D eigenvalue weighted by Gasteiger charge is -2.10. The van der Waals surface area contributed by atoms with E-state index in [4.69, 9.17) is 19.2 Å². The van der Waals surface area contributed by atoms with Crippen LogP contribution in [0.15, 0.2) is 65.8 Å². The Bertz CT molecular complexity index is 1320. The van der Waals surface area contributed by atoms with E-state index in [-0.39, 0.29) is 11.7 Å². The Morgan fingerprint density at radius 3 is 2.46 bits per heavy atom. The first kappa shape index (κ1) is 24.6. The number of aryl methyl sites for hydroxylation is 2. The third-order valence-corrected chi connectivity index (χ3v) is 6.64. The Labute approximate surface area is 208 Å². The molecule has 3 aromatic carbocycles. The number of methoxy groups -OCH3 is 2. The number of carbonyl (C=O) groups is 1. The fourth-order valence-corrected chi connectivity index (χ4v) is 4.74. The highest BCUT2D eigenvalue weighted by Gasteiger charge is 2.15. The fraction of sp³-hybridized carbons (Fsp3) is 0.259. The van der Waals surface area contributed by atoms with Crippen molar-refractivity contribution < 1.29 is 23.4 Å². The number of hydrogen-bond donors (Lipinski definition) is 0. The molecule has 0 saturated carbocycles. The van der Waals surface area contributed by atoms with Gasteiger partial charge in [-0.2, -0.15) is 0 Å². The number of aromatic nitrogens is 2. The van der Waals surface area contributed by atoms with Crippen LogP contribution in [0.4, 0.5) is 4.39 Å². The second-order valence-corrected chi connectivity index (χ2v) is 8.77. The van der Waals surface area contributed by atoms with E-state index < -0.39 is 5.82 Å². The lowest BCUT2D eigenvalue weighted by atomic mass is 10.1. The highest BCUT2D eigenvalue weighted by molar-refractivity contribution is 7.98. The summed E-state index contributed by atoms with van der Waals surface area (Å²) in [5.74, 6) is 0.813. The van der Waals surface area contributed by atoms with Crippen molar-refractivity contribution in [1.82, 2.24) is 9.55 Å². The monoisotopic (exact) mass is 494 g/mol. The Hall–Kier alpha value is -3.52. The molecule has 4 rings (SSSR count). The topological polar surface area (TPSA) is 62.6 Å². The van der Waals surface area contributed by atoms with Gasteiger partial charge >= 0.3 is 5.97 Å². The highest BCUT2D eigenvalue weighted by Crippen LogP contribution is 2.29. The number of rotatable bonds is 10. The van der Waals surface area contributed by atoms with Crippen LogP contribution < -0.4 is 9.47 Å². The molecule has 4 aromatic rings. The van der Waals surface area contributed by atoms with Gasteiger partial charge in [-0.1, -0.05) is 30.0 Å². The highest BCUT2D eigenvalue weighted by atomic mass is 32.2. The van der Waals surface area contributed by atoms with E-state index in [9.17, 15) is 9.18 Å². The molecule has 0 aliphatic carbocycles. The Morgan fingerprint density at radius 1 is 1.00 bits per heavy atom. The van der Waals surface area contributed by atoms with Gasteiger partial charge in [-0.3, -0.25) is 0 Å². The van der Waals surface area contributed by atoms with Gasteiger partial charge in [0.05, 0.1) is 37.4 Å². The Kier molecular flexibility index (Phi) is 7.92. The third kappa shape index (κ3) is 5.77. The number of hydrogen-bond acceptors (Lipinski definition) is 6. The molecule has 0 fully saturated rings. The van der Waals surface area contributed by atoms with Crippen LogP contribution >= 0.6 is 11.8 Å². The molecule has 35 heavy (non-hydrogen) atoms. The van der Waals surface area contributed by atoms with Crippen LogP contribution in [0.3, 0.4) is 0 Å². The molecule has 0 spiro atoms. The summed E-state index contributed by atoms with van der Waals surface area (Å²) in [7, 11) is 3.10. The van der Waals surface area contributed by atoms with Crippen LogP contribution in [0.5, 0.6) is 11.5 Å². The van der Waals surface area contributed by atoms with Crippen LogP contribution in [-0.2, 0) is 23.5 Å². The van der Waals surface area contributed by atoms with E-state index in [2.05, 4.69) is 4.57 Å². The predicted octanol–water partition coefficient (Wildman–Crippen LogP) is 5.90. The van der Waals surface area contributed by atoms with Crippen molar-refractivity contribution >= 4 is 28.8 Å². The maximum atomic E-state index is 14.2. The minimum atomic E-state index is -0.391. The van der Waals surface area contributed by atoms with Crippen LogP contribution in [0.1, 0.15) is 28.4 Å². The summed E-state index contributed by atoms with van der Waals surface area (Å²) in [4.78, 5) is 17.0. The summed E-state index contributed by atoms with van der Waals surface area (Å²) in [5, 5.41) is 0.797. The predicted molar refractivity (Wildman–Crippen MR) is 135 cm³/mol. The number of halogens is 1. The smallest absolute Gasteiger partial charge is 0.338 e. The number of fused-ring (bicyclic) bond motifs is 1. The van der Waals surface area contributed by atoms with Gasteiger partial charge < -0.3 is 18.8 Å². The number of benzene rings is 3. The fourth-order valence-electron chi connectivity index (χ4n) is 3.76. The van der Waals surface area contributed by atoms with Gasteiger partial charge in [0.25, 0.3) is 0 Å². The van der Waals surface area contributed by atoms with E-state index in [0.29, 0.717) is 30.0 Å². The van der Waals surface area contributed by atoms with Crippen molar-refractivity contribution in [2.45, 2.75) is 30.8 Å². The second kappa shape index (κ2) is 11.3. The van der Waals surface area contributed by atoms with Crippen molar-refractivity contribution in [3.8, 4) is 11.5 Å². The van der Waals surface area contributed by atoms with Crippen LogP contribution in [0.25, 0.3) is 11.0 Å². The van der Waals surface area contributed by atoms with E-state index in [1.165, 1.54) is 30.5 Å². The summed E-state index contributed by atoms with van der Waals surface area (Å²) < 4.78 is 31.7. The zero-order valence-electron chi connectivity index (χ0n) is 19.9. The minimum absolute atomic E-state index is 0.219. The molecule has 6 nitrogen and oxygen atoms in total. The maximum Gasteiger partial charge on any atom is 0.338 e. The van der Waals surface area contributed by atoms with Crippen molar-refractivity contribution in [3.05, 3.63) is 83.2 Å². The zero-order chi connectivity index (χ0) is 24.8. The Morgan fingerprint density at radius 2 is 1.77 bits per heavy atom. The lowest BCUT2D eigenvalue weighted by Crippen LogP contribution is -2.05. The summed E-state index contributed by atoms with van der Waals surface area (Å²) in [6.07, 6.45) is 0.791. The third-order valence-electron chi connectivity index (χ3n) is 5.59. The second-order valence-electron chi connectivity index (χ2n) is 7.83. The molecule has 0 radical (unpaired) electrons. The SMILES string of the molecule is CCOC(=O)c1ccc2c(c1)nc(SCc1ccc(OC)c(F)c1)n2CCc1ccc(OC)cc1. The van der Waals surface area contributed by atoms with Crippen LogP contribution in [0, 0.1) is 5.82 Å². The zero-order valence-corrected chi connectivity index (χ0v) is 20.7. The van der Waals surface area contributed by atoms with E-state index in [1.54, 1.807) is 32.2 Å². The molecule has 0 unspecified atom stereocenters. The number of nitrogens with zero attached hydrogens (tertiary/aromatic N) is 2. The van der Waals surface area contributed by atoms with Gasteiger partial charge in [0.2, 0.25) is 0 Å². The van der Waals surface area contributed by atoms with Gasteiger partial charge in [-0.25, -0.2) is 14.2 Å². The molecule has 0 aliphatic heterocycles. The first-order valence-electron chi connectivity index (χ1n) is 11.3. The van der Waals surface area contributed by atoms with Gasteiger partial charge in [0, 0.05) is 12.3 Å². The summed E-state index contributed by atoms with van der Waals surface area (Å²) >= 11 is 1.52. The minimum Gasteiger partial charge on any atom is -0.497 e. The molecule has 0 saturated heterocycles. The van der Waals surface area contributed by atoms with E-state index in [0.717, 1.165) is 28.4 Å². The first-order valence-corrected chi connectivity index (χ1v) is 12.3. The number of thioether (sulfide) groups is 1. The molecule has 0 aliphatic rings. The first-order chi connectivity index (χ1) is 17.0. The molecule has 1 heterocycles. The van der Waals surface area contributed by atoms with Crippen molar-refractivity contribution in [2.24, 2.45) is 0 Å².